The van der Waals surface area contributed by atoms with Crippen molar-refractivity contribution >= 4 is 18.3 Å². The van der Waals surface area contributed by atoms with Crippen LogP contribution in [0, 0.1) is 5.82 Å². The Hall–Kier alpha value is -2.17. The number of benzene rings is 1. The maximum atomic E-state index is 13.6. The molecule has 0 saturated carbocycles. The first-order chi connectivity index (χ1) is 7.60. The van der Waals surface area contributed by atoms with E-state index >= 15 is 0 Å². The average Bonchev–Trinajstić information content (AvgIpc) is 2.26. The van der Waals surface area contributed by atoms with Gasteiger partial charge >= 0.3 is 5.97 Å². The van der Waals surface area contributed by atoms with Crippen LogP contribution in [0.15, 0.2) is 18.2 Å². The Balaban J connectivity index is 3.31. The highest BCUT2D eigenvalue weighted by molar-refractivity contribution is 5.87. The fourth-order valence-corrected chi connectivity index (χ4v) is 1.17. The van der Waals surface area contributed by atoms with Crippen molar-refractivity contribution in [2.24, 2.45) is 0 Å². The highest BCUT2D eigenvalue weighted by Gasteiger charge is 2.11. The van der Waals surface area contributed by atoms with E-state index in [1.54, 1.807) is 0 Å². The topological polar surface area (TPSA) is 63.6 Å². The summed E-state index contributed by atoms with van der Waals surface area (Å²) in [4.78, 5) is 20.8. The lowest BCUT2D eigenvalue weighted by atomic mass is 10.1. The molecule has 0 unspecified atom stereocenters. The number of aliphatic carboxylic acids is 1. The van der Waals surface area contributed by atoms with Crippen LogP contribution < -0.4 is 4.74 Å². The molecule has 5 heteroatoms. The zero-order chi connectivity index (χ0) is 12.1. The Morgan fingerprint density at radius 1 is 1.50 bits per heavy atom. The van der Waals surface area contributed by atoms with Crippen molar-refractivity contribution in [2.45, 2.75) is 0 Å². The van der Waals surface area contributed by atoms with Crippen LogP contribution in [0.5, 0.6) is 5.75 Å². The van der Waals surface area contributed by atoms with Gasteiger partial charge in [-0.15, -0.1) is 0 Å². The quantitative estimate of drug-likeness (QED) is 0.625. The fourth-order valence-electron chi connectivity index (χ4n) is 1.17. The van der Waals surface area contributed by atoms with Crippen LogP contribution in [-0.4, -0.2) is 24.5 Å². The number of rotatable bonds is 4. The molecule has 0 aliphatic heterocycles. The minimum atomic E-state index is -1.21. The van der Waals surface area contributed by atoms with Gasteiger partial charge in [-0.3, -0.25) is 4.79 Å². The SMILES string of the molecule is COc1ccc(C=O)c(F)c1/C=C/C(=O)O. The molecule has 0 saturated heterocycles. The molecule has 0 amide bonds. The Kier molecular flexibility index (Phi) is 3.77. The first-order valence-electron chi connectivity index (χ1n) is 4.32. The van der Waals surface area contributed by atoms with Crippen molar-refractivity contribution in [3.8, 4) is 5.75 Å². The fraction of sp³-hybridized carbons (Fsp3) is 0.0909. The predicted molar refractivity (Wildman–Crippen MR) is 55.0 cm³/mol. The molecule has 0 radical (unpaired) electrons. The van der Waals surface area contributed by atoms with Crippen LogP contribution in [0.4, 0.5) is 4.39 Å². The number of carboxylic acid groups (broad SMARTS) is 1. The first-order valence-corrected chi connectivity index (χ1v) is 4.32. The molecule has 4 nitrogen and oxygen atoms in total. The summed E-state index contributed by atoms with van der Waals surface area (Å²) in [6.45, 7) is 0. The van der Waals surface area contributed by atoms with Gasteiger partial charge in [0.25, 0.3) is 0 Å². The summed E-state index contributed by atoms with van der Waals surface area (Å²) in [7, 11) is 1.33. The van der Waals surface area contributed by atoms with Gasteiger partial charge in [-0.2, -0.15) is 0 Å². The third-order valence-electron chi connectivity index (χ3n) is 1.91. The molecule has 16 heavy (non-hydrogen) atoms. The molecular weight excluding hydrogens is 215 g/mol. The Morgan fingerprint density at radius 2 is 2.19 bits per heavy atom. The zero-order valence-corrected chi connectivity index (χ0v) is 8.44. The van der Waals surface area contributed by atoms with Crippen LogP contribution in [0.2, 0.25) is 0 Å². The van der Waals surface area contributed by atoms with E-state index in [0.717, 1.165) is 12.2 Å². The Labute approximate surface area is 91.0 Å². The summed E-state index contributed by atoms with van der Waals surface area (Å²) in [5, 5.41) is 8.44. The minimum absolute atomic E-state index is 0.0606. The van der Waals surface area contributed by atoms with Crippen LogP contribution in [0.25, 0.3) is 6.08 Å². The van der Waals surface area contributed by atoms with Crippen LogP contribution in [-0.2, 0) is 4.79 Å². The number of aldehydes is 1. The van der Waals surface area contributed by atoms with Gasteiger partial charge in [0.1, 0.15) is 11.6 Å². The van der Waals surface area contributed by atoms with Gasteiger partial charge in [0.2, 0.25) is 0 Å². The highest BCUT2D eigenvalue weighted by Crippen LogP contribution is 2.24. The molecule has 0 aliphatic rings. The molecule has 0 spiro atoms. The van der Waals surface area contributed by atoms with E-state index in [0.29, 0.717) is 6.29 Å². The summed E-state index contributed by atoms with van der Waals surface area (Å²) in [6, 6.07) is 2.66. The third kappa shape index (κ3) is 2.44. The molecular formula is C11H9FO4. The molecule has 0 heterocycles. The summed E-state index contributed by atoms with van der Waals surface area (Å²) in [5.74, 6) is -1.84. The van der Waals surface area contributed by atoms with Crippen molar-refractivity contribution in [1.29, 1.82) is 0 Å². The standard InChI is InChI=1S/C11H9FO4/c1-16-9-4-2-7(6-13)11(12)8(9)3-5-10(14)15/h2-6H,1H3,(H,14,15)/b5-3+. The summed E-state index contributed by atoms with van der Waals surface area (Å²) in [6.07, 6.45) is 2.17. The number of methoxy groups -OCH3 is 1. The van der Waals surface area contributed by atoms with Gasteiger partial charge in [-0.25, -0.2) is 9.18 Å². The van der Waals surface area contributed by atoms with E-state index < -0.39 is 11.8 Å². The number of carbonyl (C=O) groups is 2. The average molecular weight is 224 g/mol. The van der Waals surface area contributed by atoms with Crippen LogP contribution in [0.1, 0.15) is 15.9 Å². The van der Waals surface area contributed by atoms with Gasteiger partial charge in [0.15, 0.2) is 6.29 Å². The highest BCUT2D eigenvalue weighted by atomic mass is 19.1. The van der Waals surface area contributed by atoms with Crippen molar-refractivity contribution in [3.05, 3.63) is 35.2 Å². The summed E-state index contributed by atoms with van der Waals surface area (Å²) >= 11 is 0. The second kappa shape index (κ2) is 5.06. The van der Waals surface area contributed by atoms with Gasteiger partial charge in [0.05, 0.1) is 18.2 Å². The van der Waals surface area contributed by atoms with Crippen molar-refractivity contribution in [1.82, 2.24) is 0 Å². The van der Waals surface area contributed by atoms with Gasteiger partial charge in [-0.05, 0) is 18.2 Å². The number of hydrogen-bond donors (Lipinski definition) is 1. The van der Waals surface area contributed by atoms with E-state index in [2.05, 4.69) is 0 Å². The molecule has 1 aromatic carbocycles. The zero-order valence-electron chi connectivity index (χ0n) is 8.44. The Morgan fingerprint density at radius 3 is 2.69 bits per heavy atom. The van der Waals surface area contributed by atoms with E-state index in [-0.39, 0.29) is 16.9 Å². The molecule has 1 rings (SSSR count). The number of ether oxygens (including phenoxy) is 1. The molecule has 0 atom stereocenters. The maximum absolute atomic E-state index is 13.6. The number of carbonyl (C=O) groups excluding carboxylic acids is 1. The monoisotopic (exact) mass is 224 g/mol. The summed E-state index contributed by atoms with van der Waals surface area (Å²) < 4.78 is 18.5. The Bertz CT molecular complexity index is 452. The lowest BCUT2D eigenvalue weighted by Crippen LogP contribution is -1.97. The molecule has 84 valence electrons. The first kappa shape index (κ1) is 11.9. The van der Waals surface area contributed by atoms with E-state index in [4.69, 9.17) is 9.84 Å². The largest absolute Gasteiger partial charge is 0.496 e. The predicted octanol–water partition coefficient (Wildman–Crippen LogP) is 1.74. The van der Waals surface area contributed by atoms with Gasteiger partial charge in [0, 0.05) is 6.08 Å². The second-order valence-corrected chi connectivity index (χ2v) is 2.87. The molecule has 0 aromatic heterocycles. The van der Waals surface area contributed by atoms with Crippen molar-refractivity contribution in [3.63, 3.8) is 0 Å². The minimum Gasteiger partial charge on any atom is -0.496 e. The van der Waals surface area contributed by atoms with Crippen LogP contribution in [0.3, 0.4) is 0 Å². The summed E-state index contributed by atoms with van der Waals surface area (Å²) in [5.41, 5.74) is -0.208. The molecule has 0 bridgehead atoms. The normalized spacial score (nSPS) is 10.4. The lowest BCUT2D eigenvalue weighted by Gasteiger charge is -2.06. The van der Waals surface area contributed by atoms with E-state index in [9.17, 15) is 14.0 Å². The molecule has 0 aliphatic carbocycles. The third-order valence-corrected chi connectivity index (χ3v) is 1.91. The van der Waals surface area contributed by atoms with Crippen molar-refractivity contribution < 1.29 is 23.8 Å². The second-order valence-electron chi connectivity index (χ2n) is 2.87. The van der Waals surface area contributed by atoms with E-state index in [1.165, 1.54) is 19.2 Å². The smallest absolute Gasteiger partial charge is 0.328 e. The molecule has 1 aromatic rings. The molecule has 1 N–H and O–H groups in total. The van der Waals surface area contributed by atoms with E-state index in [1.807, 2.05) is 0 Å². The lowest BCUT2D eigenvalue weighted by molar-refractivity contribution is -0.131. The molecule has 0 fully saturated rings. The number of carboxylic acids is 1. The van der Waals surface area contributed by atoms with Crippen molar-refractivity contribution in [2.75, 3.05) is 7.11 Å². The number of halogens is 1. The number of hydrogen-bond acceptors (Lipinski definition) is 3. The van der Waals surface area contributed by atoms with Gasteiger partial charge < -0.3 is 9.84 Å². The maximum Gasteiger partial charge on any atom is 0.328 e. The van der Waals surface area contributed by atoms with Gasteiger partial charge in [-0.1, -0.05) is 0 Å². The van der Waals surface area contributed by atoms with Crippen LogP contribution >= 0.6 is 0 Å².